The van der Waals surface area contributed by atoms with E-state index in [9.17, 15) is 10.2 Å². The van der Waals surface area contributed by atoms with Crippen molar-refractivity contribution in [2.24, 2.45) is 0 Å². The van der Waals surface area contributed by atoms with Gasteiger partial charge in [0, 0.05) is 6.61 Å². The van der Waals surface area contributed by atoms with Crippen molar-refractivity contribution in [3.05, 3.63) is 42.1 Å². The van der Waals surface area contributed by atoms with Crippen LogP contribution in [-0.4, -0.2) is 60.8 Å². The zero-order chi connectivity index (χ0) is 21.8. The molecule has 1 aromatic rings. The molecule has 0 aliphatic rings. The highest BCUT2D eigenvalue weighted by Gasteiger charge is 2.23. The average molecular weight is 456 g/mol. The van der Waals surface area contributed by atoms with Gasteiger partial charge in [-0.1, -0.05) is 95.0 Å². The monoisotopic (exact) mass is 455 g/mol. The minimum atomic E-state index is 0. The number of halogens is 1. The molecule has 0 heterocycles. The molecule has 0 aliphatic heterocycles. The Bertz CT molecular complexity index is 519. The smallest absolute Gasteiger partial charge is 0.107 e. The van der Waals surface area contributed by atoms with E-state index >= 15 is 0 Å². The molecule has 0 fully saturated rings. The van der Waals surface area contributed by atoms with Crippen molar-refractivity contribution in [1.82, 2.24) is 0 Å². The summed E-state index contributed by atoms with van der Waals surface area (Å²) < 4.78 is 6.43. The van der Waals surface area contributed by atoms with Gasteiger partial charge < -0.3 is 27.4 Å². The largest absolute Gasteiger partial charge is 1.00 e. The van der Waals surface area contributed by atoms with Crippen molar-refractivity contribution in [3.8, 4) is 0 Å². The zero-order valence-electron chi connectivity index (χ0n) is 19.7. The molecule has 0 atom stereocenters. The van der Waals surface area contributed by atoms with E-state index in [1.165, 1.54) is 57.8 Å². The average Bonchev–Trinajstić information content (AvgIpc) is 2.76. The first-order chi connectivity index (χ1) is 14.8. The summed E-state index contributed by atoms with van der Waals surface area (Å²) >= 11 is 0. The second-order valence-electron chi connectivity index (χ2n) is 8.36. The lowest BCUT2D eigenvalue weighted by atomic mass is 10.1. The molecule has 0 aliphatic carbocycles. The third kappa shape index (κ3) is 15.5. The normalized spacial score (nSPS) is 11.7. The Hall–Kier alpha value is -0.910. The van der Waals surface area contributed by atoms with Crippen LogP contribution in [-0.2, 0) is 4.74 Å². The summed E-state index contributed by atoms with van der Waals surface area (Å²) in [6.07, 6.45) is 17.5. The molecule has 0 unspecified atom stereocenters. The minimum Gasteiger partial charge on any atom is -1.00 e. The van der Waals surface area contributed by atoms with Crippen molar-refractivity contribution >= 4 is 6.08 Å². The number of benzene rings is 1. The van der Waals surface area contributed by atoms with Crippen molar-refractivity contribution < 1.29 is 31.8 Å². The molecule has 0 radical (unpaired) electrons. The molecular weight excluding hydrogens is 410 g/mol. The first-order valence-electron chi connectivity index (χ1n) is 12.2. The number of aliphatic hydroxyl groups excluding tert-OH is 2. The first kappa shape index (κ1) is 30.1. The SMILES string of the molecule is CCCCCCCCCCCCOCC[N+](/C=C/c1ccccc1)(CCO)CCO.[Cl-]. The molecule has 0 bridgehead atoms. The molecule has 1 aromatic carbocycles. The Balaban J connectivity index is 0.00000900. The fourth-order valence-electron chi connectivity index (χ4n) is 3.81. The van der Waals surface area contributed by atoms with Gasteiger partial charge in [0.15, 0.2) is 0 Å². The lowest BCUT2D eigenvalue weighted by Crippen LogP contribution is -3.00. The number of rotatable bonds is 20. The molecule has 0 amide bonds. The van der Waals surface area contributed by atoms with Gasteiger partial charge in [-0.05, 0) is 18.1 Å². The number of aliphatic hydroxyl groups is 2. The van der Waals surface area contributed by atoms with Gasteiger partial charge in [0.2, 0.25) is 0 Å². The molecular formula is C26H46ClNO3. The van der Waals surface area contributed by atoms with Gasteiger partial charge in [-0.25, -0.2) is 0 Å². The summed E-state index contributed by atoms with van der Waals surface area (Å²) in [5.74, 6) is 0. The summed E-state index contributed by atoms with van der Waals surface area (Å²) in [4.78, 5) is 0. The molecule has 0 aromatic heterocycles. The molecule has 2 N–H and O–H groups in total. The van der Waals surface area contributed by atoms with Gasteiger partial charge in [-0.15, -0.1) is 0 Å². The van der Waals surface area contributed by atoms with E-state index in [4.69, 9.17) is 4.74 Å². The highest BCUT2D eigenvalue weighted by atomic mass is 35.5. The molecule has 0 spiro atoms. The molecule has 0 saturated heterocycles. The summed E-state index contributed by atoms with van der Waals surface area (Å²) in [7, 11) is 0. The minimum absolute atomic E-state index is 0. The topological polar surface area (TPSA) is 49.7 Å². The molecule has 1 rings (SSSR count). The van der Waals surface area contributed by atoms with E-state index in [1.54, 1.807) is 0 Å². The van der Waals surface area contributed by atoms with Crippen LogP contribution in [0.3, 0.4) is 0 Å². The maximum absolute atomic E-state index is 9.56. The van der Waals surface area contributed by atoms with E-state index in [2.05, 4.69) is 31.3 Å². The Morgan fingerprint density at radius 3 is 1.84 bits per heavy atom. The van der Waals surface area contributed by atoms with Crippen LogP contribution in [0.2, 0.25) is 0 Å². The lowest BCUT2D eigenvalue weighted by Gasteiger charge is -2.34. The van der Waals surface area contributed by atoms with Crippen LogP contribution in [0.5, 0.6) is 0 Å². The number of hydrogen-bond acceptors (Lipinski definition) is 3. The number of quaternary nitrogens is 1. The van der Waals surface area contributed by atoms with E-state index in [0.717, 1.165) is 25.1 Å². The van der Waals surface area contributed by atoms with Crippen LogP contribution < -0.4 is 12.4 Å². The summed E-state index contributed by atoms with van der Waals surface area (Å²) in [5.41, 5.74) is 1.13. The standard InChI is InChI=1S/C26H46NO3.ClH/c1-2-3-4-5-6-7-8-9-10-14-24-30-25-21-27(19-22-28,20-23-29)18-17-26-15-12-11-13-16-26;/h11-13,15-18,28-29H,2-10,14,19-25H2,1H3;1H/q+1;/p-1/b18-17+;. The number of ether oxygens (including phenoxy) is 1. The Kier molecular flexibility index (Phi) is 20.3. The Labute approximate surface area is 197 Å². The summed E-state index contributed by atoms with van der Waals surface area (Å²) in [5, 5.41) is 19.1. The Morgan fingerprint density at radius 1 is 0.742 bits per heavy atom. The third-order valence-electron chi connectivity index (χ3n) is 5.80. The van der Waals surface area contributed by atoms with E-state index in [-0.39, 0.29) is 25.6 Å². The van der Waals surface area contributed by atoms with Gasteiger partial charge in [-0.3, -0.25) is 4.48 Å². The number of nitrogens with zero attached hydrogens (tertiary/aromatic N) is 1. The molecule has 5 heteroatoms. The third-order valence-corrected chi connectivity index (χ3v) is 5.80. The predicted molar refractivity (Wildman–Crippen MR) is 127 cm³/mol. The van der Waals surface area contributed by atoms with Crippen molar-refractivity contribution in [2.45, 2.75) is 71.1 Å². The highest BCUT2D eigenvalue weighted by Crippen LogP contribution is 2.13. The molecule has 0 saturated carbocycles. The molecule has 31 heavy (non-hydrogen) atoms. The van der Waals surface area contributed by atoms with Gasteiger partial charge >= 0.3 is 0 Å². The van der Waals surface area contributed by atoms with Crippen LogP contribution in [0.25, 0.3) is 6.08 Å². The van der Waals surface area contributed by atoms with Gasteiger partial charge in [0.05, 0.1) is 26.0 Å². The van der Waals surface area contributed by atoms with Gasteiger partial charge in [0.1, 0.15) is 19.6 Å². The quantitative estimate of drug-likeness (QED) is 0.234. The van der Waals surface area contributed by atoms with Crippen LogP contribution in [0, 0.1) is 0 Å². The highest BCUT2D eigenvalue weighted by molar-refractivity contribution is 5.47. The van der Waals surface area contributed by atoms with Gasteiger partial charge in [-0.2, -0.15) is 0 Å². The van der Waals surface area contributed by atoms with E-state index < -0.39 is 0 Å². The molecule has 180 valence electrons. The van der Waals surface area contributed by atoms with Crippen molar-refractivity contribution in [1.29, 1.82) is 0 Å². The predicted octanol–water partition coefficient (Wildman–Crippen LogP) is 2.40. The second kappa shape index (κ2) is 21.0. The Morgan fingerprint density at radius 2 is 1.29 bits per heavy atom. The number of unbranched alkanes of at least 4 members (excludes halogenated alkanes) is 9. The summed E-state index contributed by atoms with van der Waals surface area (Å²) in [6, 6.07) is 10.2. The van der Waals surface area contributed by atoms with Crippen molar-refractivity contribution in [3.63, 3.8) is 0 Å². The van der Waals surface area contributed by atoms with Crippen molar-refractivity contribution in [2.75, 3.05) is 46.1 Å². The fraction of sp³-hybridized carbons (Fsp3) is 0.692. The van der Waals surface area contributed by atoms with Crippen LogP contribution in [0.15, 0.2) is 36.5 Å². The number of hydrogen-bond donors (Lipinski definition) is 2. The zero-order valence-corrected chi connectivity index (χ0v) is 20.4. The maximum Gasteiger partial charge on any atom is 0.107 e. The lowest BCUT2D eigenvalue weighted by molar-refractivity contribution is -0.880. The van der Waals surface area contributed by atoms with Crippen LogP contribution in [0.4, 0.5) is 0 Å². The van der Waals surface area contributed by atoms with Crippen LogP contribution >= 0.6 is 0 Å². The fourth-order valence-corrected chi connectivity index (χ4v) is 3.81. The van der Waals surface area contributed by atoms with Gasteiger partial charge in [0.25, 0.3) is 0 Å². The summed E-state index contributed by atoms with van der Waals surface area (Å²) in [6.45, 7) is 5.85. The van der Waals surface area contributed by atoms with E-state index in [0.29, 0.717) is 24.2 Å². The maximum atomic E-state index is 9.56. The van der Waals surface area contributed by atoms with Crippen LogP contribution in [0.1, 0.15) is 76.7 Å². The molecule has 4 nitrogen and oxygen atoms in total. The first-order valence-corrected chi connectivity index (χ1v) is 12.2. The van der Waals surface area contributed by atoms with E-state index in [1.807, 2.05) is 18.2 Å². The second-order valence-corrected chi connectivity index (χ2v) is 8.36.